The second-order valence-electron chi connectivity index (χ2n) is 5.04. The Bertz CT molecular complexity index is 491. The summed E-state index contributed by atoms with van der Waals surface area (Å²) in [5, 5.41) is 8.70. The first-order valence-electron chi connectivity index (χ1n) is 6.38. The monoisotopic (exact) mass is 322 g/mol. The van der Waals surface area contributed by atoms with Crippen LogP contribution in [0.4, 0.5) is 0 Å². The van der Waals surface area contributed by atoms with Crippen LogP contribution in [-0.2, 0) is 0 Å². The lowest BCUT2D eigenvalue weighted by atomic mass is 10.1. The number of halogens is 1. The molecule has 102 valence electrons. The molecule has 4 heteroatoms. The highest BCUT2D eigenvalue weighted by atomic mass is 79.9. The zero-order chi connectivity index (χ0) is 14.4. The number of carbonyl (C=O) groups excluding carboxylic acids is 1. The van der Waals surface area contributed by atoms with Gasteiger partial charge in [-0.3, -0.25) is 4.79 Å². The molecule has 0 aromatic heterocycles. The molecule has 1 amide bonds. The number of benzene rings is 1. The number of nitriles is 1. The molecular formula is C15H19BrN2O. The highest BCUT2D eigenvalue weighted by molar-refractivity contribution is 9.10. The average molecular weight is 323 g/mol. The largest absolute Gasteiger partial charge is 0.337 e. The number of hydrogen-bond donors (Lipinski definition) is 0. The minimum absolute atomic E-state index is 0.0143. The van der Waals surface area contributed by atoms with Crippen molar-refractivity contribution in [3.63, 3.8) is 0 Å². The van der Waals surface area contributed by atoms with Crippen LogP contribution in [0, 0.1) is 24.2 Å². The van der Waals surface area contributed by atoms with Crippen LogP contribution in [0.5, 0.6) is 0 Å². The summed E-state index contributed by atoms with van der Waals surface area (Å²) in [6, 6.07) is 7.83. The first-order chi connectivity index (χ1) is 8.95. The van der Waals surface area contributed by atoms with E-state index in [9.17, 15) is 4.79 Å². The van der Waals surface area contributed by atoms with Gasteiger partial charge in [-0.05, 0) is 40.9 Å². The maximum atomic E-state index is 12.5. The van der Waals surface area contributed by atoms with Gasteiger partial charge in [0.05, 0.1) is 18.1 Å². The van der Waals surface area contributed by atoms with Crippen molar-refractivity contribution < 1.29 is 4.79 Å². The van der Waals surface area contributed by atoms with Crippen LogP contribution in [0.3, 0.4) is 0 Å². The van der Waals surface area contributed by atoms with Crippen LogP contribution >= 0.6 is 15.9 Å². The van der Waals surface area contributed by atoms with E-state index in [1.807, 2.05) is 25.1 Å². The van der Waals surface area contributed by atoms with Crippen LogP contribution < -0.4 is 0 Å². The zero-order valence-corrected chi connectivity index (χ0v) is 13.2. The Labute approximate surface area is 123 Å². The highest BCUT2D eigenvalue weighted by Crippen LogP contribution is 2.20. The van der Waals surface area contributed by atoms with E-state index in [1.54, 1.807) is 4.90 Å². The third-order valence-electron chi connectivity index (χ3n) is 2.72. The molecule has 0 aliphatic rings. The van der Waals surface area contributed by atoms with Gasteiger partial charge in [0.15, 0.2) is 0 Å². The normalized spacial score (nSPS) is 10.3. The molecule has 0 aliphatic carbocycles. The number of amides is 1. The van der Waals surface area contributed by atoms with Gasteiger partial charge in [-0.15, -0.1) is 0 Å². The molecule has 0 bridgehead atoms. The number of carbonyl (C=O) groups is 1. The van der Waals surface area contributed by atoms with E-state index in [4.69, 9.17) is 5.26 Å². The molecular weight excluding hydrogens is 304 g/mol. The molecule has 19 heavy (non-hydrogen) atoms. The van der Waals surface area contributed by atoms with Crippen molar-refractivity contribution in [3.8, 4) is 6.07 Å². The van der Waals surface area contributed by atoms with Crippen molar-refractivity contribution in [1.82, 2.24) is 4.90 Å². The molecule has 0 aliphatic heterocycles. The Hall–Kier alpha value is -1.34. The summed E-state index contributed by atoms with van der Waals surface area (Å²) in [4.78, 5) is 14.3. The van der Waals surface area contributed by atoms with Gasteiger partial charge in [0.1, 0.15) is 0 Å². The van der Waals surface area contributed by atoms with Crippen molar-refractivity contribution >= 4 is 21.8 Å². The molecule has 0 atom stereocenters. The van der Waals surface area contributed by atoms with Crippen molar-refractivity contribution in [1.29, 1.82) is 5.26 Å². The molecule has 0 unspecified atom stereocenters. The van der Waals surface area contributed by atoms with Gasteiger partial charge >= 0.3 is 0 Å². The molecule has 1 aromatic rings. The predicted molar refractivity (Wildman–Crippen MR) is 79.9 cm³/mol. The Morgan fingerprint density at radius 2 is 2.16 bits per heavy atom. The number of aryl methyl sites for hydroxylation is 1. The van der Waals surface area contributed by atoms with Crippen molar-refractivity contribution in [2.75, 3.05) is 13.1 Å². The summed E-state index contributed by atoms with van der Waals surface area (Å²) in [5.74, 6) is 0.366. The SMILES string of the molecule is Cc1ccc(Br)c(C(=O)N(CCC#N)CC(C)C)c1. The number of rotatable bonds is 5. The van der Waals surface area contributed by atoms with E-state index >= 15 is 0 Å². The summed E-state index contributed by atoms with van der Waals surface area (Å²) in [5.41, 5.74) is 1.72. The molecule has 3 nitrogen and oxygen atoms in total. The topological polar surface area (TPSA) is 44.1 Å². The van der Waals surface area contributed by atoms with Gasteiger partial charge in [-0.25, -0.2) is 0 Å². The second kappa shape index (κ2) is 7.30. The summed E-state index contributed by atoms with van der Waals surface area (Å²) < 4.78 is 0.800. The van der Waals surface area contributed by atoms with Crippen molar-refractivity contribution in [2.45, 2.75) is 27.2 Å². The van der Waals surface area contributed by atoms with Gasteiger partial charge in [-0.1, -0.05) is 25.5 Å². The minimum Gasteiger partial charge on any atom is -0.337 e. The molecule has 0 N–H and O–H groups in total. The van der Waals surface area contributed by atoms with E-state index in [1.165, 1.54) is 0 Å². The zero-order valence-electron chi connectivity index (χ0n) is 11.6. The predicted octanol–water partition coefficient (Wildman–Crippen LogP) is 3.77. The fourth-order valence-electron chi connectivity index (χ4n) is 1.87. The molecule has 0 heterocycles. The molecule has 0 spiro atoms. The summed E-state index contributed by atoms with van der Waals surface area (Å²) in [7, 11) is 0. The van der Waals surface area contributed by atoms with Crippen LogP contribution in [0.2, 0.25) is 0 Å². The number of nitrogens with zero attached hydrogens (tertiary/aromatic N) is 2. The lowest BCUT2D eigenvalue weighted by molar-refractivity contribution is 0.0739. The fraction of sp³-hybridized carbons (Fsp3) is 0.467. The van der Waals surface area contributed by atoms with Gasteiger partial charge < -0.3 is 4.90 Å². The van der Waals surface area contributed by atoms with Gasteiger partial charge in [0, 0.05) is 17.6 Å². The van der Waals surface area contributed by atoms with E-state index in [0.717, 1.165) is 10.0 Å². The maximum Gasteiger partial charge on any atom is 0.255 e. The van der Waals surface area contributed by atoms with E-state index < -0.39 is 0 Å². The number of hydrogen-bond acceptors (Lipinski definition) is 2. The smallest absolute Gasteiger partial charge is 0.255 e. The van der Waals surface area contributed by atoms with Gasteiger partial charge in [-0.2, -0.15) is 5.26 Å². The third-order valence-corrected chi connectivity index (χ3v) is 3.41. The van der Waals surface area contributed by atoms with E-state index in [0.29, 0.717) is 31.0 Å². The molecule has 1 aromatic carbocycles. The first-order valence-corrected chi connectivity index (χ1v) is 7.17. The average Bonchev–Trinajstić information content (AvgIpc) is 2.36. The van der Waals surface area contributed by atoms with Crippen LogP contribution in [0.25, 0.3) is 0 Å². The Kier molecular flexibility index (Phi) is 6.04. The Balaban J connectivity index is 2.97. The fourth-order valence-corrected chi connectivity index (χ4v) is 2.29. The molecule has 0 saturated carbocycles. The van der Waals surface area contributed by atoms with Crippen molar-refractivity contribution in [2.24, 2.45) is 5.92 Å². The second-order valence-corrected chi connectivity index (χ2v) is 5.89. The quantitative estimate of drug-likeness (QED) is 0.828. The van der Waals surface area contributed by atoms with Crippen LogP contribution in [0.1, 0.15) is 36.2 Å². The van der Waals surface area contributed by atoms with E-state index in [2.05, 4.69) is 35.8 Å². The minimum atomic E-state index is -0.0143. The van der Waals surface area contributed by atoms with Gasteiger partial charge in [0.2, 0.25) is 0 Å². The van der Waals surface area contributed by atoms with Crippen LogP contribution in [0.15, 0.2) is 22.7 Å². The highest BCUT2D eigenvalue weighted by Gasteiger charge is 2.19. The maximum absolute atomic E-state index is 12.5. The van der Waals surface area contributed by atoms with Crippen LogP contribution in [-0.4, -0.2) is 23.9 Å². The Morgan fingerprint density at radius 1 is 1.47 bits per heavy atom. The summed E-state index contributed by atoms with van der Waals surface area (Å²) >= 11 is 3.42. The van der Waals surface area contributed by atoms with Crippen molar-refractivity contribution in [3.05, 3.63) is 33.8 Å². The molecule has 0 radical (unpaired) electrons. The standard InChI is InChI=1S/C15H19BrN2O/c1-11(2)10-18(8-4-7-17)15(19)13-9-12(3)5-6-14(13)16/h5-6,9,11H,4,8,10H2,1-3H3. The molecule has 0 fully saturated rings. The summed E-state index contributed by atoms with van der Waals surface area (Å²) in [6.07, 6.45) is 0.363. The van der Waals surface area contributed by atoms with Gasteiger partial charge in [0.25, 0.3) is 5.91 Å². The summed E-state index contributed by atoms with van der Waals surface area (Å²) in [6.45, 7) is 7.25. The third kappa shape index (κ3) is 4.68. The van der Waals surface area contributed by atoms with E-state index in [-0.39, 0.29) is 5.91 Å². The molecule has 0 saturated heterocycles. The first kappa shape index (κ1) is 15.7. The molecule has 1 rings (SSSR count). The Morgan fingerprint density at radius 3 is 2.74 bits per heavy atom. The lowest BCUT2D eigenvalue weighted by Gasteiger charge is -2.24. The lowest BCUT2D eigenvalue weighted by Crippen LogP contribution is -2.35.